The molecule has 0 spiro atoms. The molecule has 1 aromatic rings. The standard InChI is InChI=1S/C15H25N3OS.2ClH/c1-11-14(20-12(2)18-11)15(19)17-10-9-16-13-7-5-3-4-6-8-13;;/h13,16H,3-10H2,1-2H3,(H,17,19);2*1H. The summed E-state index contributed by atoms with van der Waals surface area (Å²) in [6, 6.07) is 0.641. The zero-order valence-corrected chi connectivity index (χ0v) is 15.8. The number of thiazole rings is 1. The third-order valence-corrected chi connectivity index (χ3v) is 4.88. The molecule has 1 fully saturated rings. The molecule has 1 aliphatic rings. The van der Waals surface area contributed by atoms with Crippen LogP contribution < -0.4 is 10.6 Å². The van der Waals surface area contributed by atoms with Gasteiger partial charge < -0.3 is 10.6 Å². The average molecular weight is 368 g/mol. The molecule has 1 saturated carbocycles. The monoisotopic (exact) mass is 367 g/mol. The average Bonchev–Trinajstić information content (AvgIpc) is 2.64. The summed E-state index contributed by atoms with van der Waals surface area (Å²) < 4.78 is 0. The number of aromatic nitrogens is 1. The first kappa shape index (κ1) is 21.6. The number of nitrogens with zero attached hydrogens (tertiary/aromatic N) is 1. The number of amides is 1. The molecule has 128 valence electrons. The molecule has 4 nitrogen and oxygen atoms in total. The van der Waals surface area contributed by atoms with E-state index in [-0.39, 0.29) is 30.7 Å². The van der Waals surface area contributed by atoms with Crippen LogP contribution in [0.4, 0.5) is 0 Å². The molecular formula is C15H27Cl2N3OS. The summed E-state index contributed by atoms with van der Waals surface area (Å²) in [5.74, 6) is 0.00997. The van der Waals surface area contributed by atoms with Crippen molar-refractivity contribution in [3.63, 3.8) is 0 Å². The Morgan fingerprint density at radius 2 is 1.77 bits per heavy atom. The first-order valence-electron chi connectivity index (χ1n) is 7.62. The number of hydrogen-bond acceptors (Lipinski definition) is 4. The van der Waals surface area contributed by atoms with Crippen molar-refractivity contribution in [2.45, 2.75) is 58.4 Å². The van der Waals surface area contributed by atoms with Gasteiger partial charge in [0.05, 0.1) is 10.7 Å². The Labute approximate surface area is 149 Å². The zero-order chi connectivity index (χ0) is 14.4. The van der Waals surface area contributed by atoms with Crippen molar-refractivity contribution in [2.75, 3.05) is 13.1 Å². The molecule has 2 rings (SSSR count). The van der Waals surface area contributed by atoms with Gasteiger partial charge in [-0.2, -0.15) is 0 Å². The van der Waals surface area contributed by atoms with Crippen LogP contribution in [0, 0.1) is 13.8 Å². The van der Waals surface area contributed by atoms with E-state index in [4.69, 9.17) is 0 Å². The van der Waals surface area contributed by atoms with Crippen molar-refractivity contribution < 1.29 is 4.79 Å². The molecule has 0 unspecified atom stereocenters. The molecule has 0 radical (unpaired) electrons. The summed E-state index contributed by atoms with van der Waals surface area (Å²) in [7, 11) is 0. The van der Waals surface area contributed by atoms with Crippen molar-refractivity contribution in [3.05, 3.63) is 15.6 Å². The summed E-state index contributed by atoms with van der Waals surface area (Å²) in [5, 5.41) is 7.49. The minimum absolute atomic E-state index is 0. The molecule has 0 aromatic carbocycles. The van der Waals surface area contributed by atoms with Crippen molar-refractivity contribution in [1.82, 2.24) is 15.6 Å². The van der Waals surface area contributed by atoms with E-state index in [1.165, 1.54) is 49.9 Å². The first-order chi connectivity index (χ1) is 9.66. The summed E-state index contributed by atoms with van der Waals surface area (Å²) in [5.41, 5.74) is 0.835. The number of rotatable bonds is 5. The van der Waals surface area contributed by atoms with E-state index in [9.17, 15) is 4.79 Å². The number of carbonyl (C=O) groups is 1. The molecule has 0 atom stereocenters. The lowest BCUT2D eigenvalue weighted by Gasteiger charge is -2.16. The van der Waals surface area contributed by atoms with E-state index < -0.39 is 0 Å². The Hall–Kier alpha value is -0.360. The van der Waals surface area contributed by atoms with Crippen LogP contribution in [0.25, 0.3) is 0 Å². The van der Waals surface area contributed by atoms with Gasteiger partial charge in [-0.3, -0.25) is 4.79 Å². The van der Waals surface area contributed by atoms with Gasteiger partial charge in [0, 0.05) is 19.1 Å². The quantitative estimate of drug-likeness (QED) is 0.616. The fourth-order valence-electron chi connectivity index (χ4n) is 2.76. The lowest BCUT2D eigenvalue weighted by Crippen LogP contribution is -2.36. The van der Waals surface area contributed by atoms with Crippen LogP contribution in [0.15, 0.2) is 0 Å². The second kappa shape index (κ2) is 11.2. The van der Waals surface area contributed by atoms with Crippen LogP contribution in [-0.2, 0) is 0 Å². The second-order valence-corrected chi connectivity index (χ2v) is 6.75. The Balaban J connectivity index is 0.00000220. The zero-order valence-electron chi connectivity index (χ0n) is 13.3. The van der Waals surface area contributed by atoms with Crippen LogP contribution in [0.5, 0.6) is 0 Å². The van der Waals surface area contributed by atoms with Gasteiger partial charge in [-0.1, -0.05) is 25.7 Å². The van der Waals surface area contributed by atoms with Gasteiger partial charge in [0.15, 0.2) is 0 Å². The number of hydrogen-bond donors (Lipinski definition) is 2. The SMILES string of the molecule is Cc1nc(C)c(C(=O)NCCNC2CCCCCC2)s1.Cl.Cl. The maximum absolute atomic E-state index is 12.0. The fraction of sp³-hybridized carbons (Fsp3) is 0.733. The van der Waals surface area contributed by atoms with Crippen molar-refractivity contribution in [1.29, 1.82) is 0 Å². The van der Waals surface area contributed by atoms with Gasteiger partial charge >= 0.3 is 0 Å². The van der Waals surface area contributed by atoms with Crippen LogP contribution in [0.3, 0.4) is 0 Å². The van der Waals surface area contributed by atoms with E-state index >= 15 is 0 Å². The predicted octanol–water partition coefficient (Wildman–Crippen LogP) is 3.65. The van der Waals surface area contributed by atoms with E-state index in [1.807, 2.05) is 13.8 Å². The van der Waals surface area contributed by atoms with E-state index in [0.29, 0.717) is 12.6 Å². The highest BCUT2D eigenvalue weighted by molar-refractivity contribution is 7.13. The summed E-state index contributed by atoms with van der Waals surface area (Å²) in [6.07, 6.45) is 7.98. The fourth-order valence-corrected chi connectivity index (χ4v) is 3.59. The lowest BCUT2D eigenvalue weighted by molar-refractivity contribution is 0.0956. The maximum Gasteiger partial charge on any atom is 0.263 e. The van der Waals surface area contributed by atoms with E-state index in [2.05, 4.69) is 15.6 Å². The minimum Gasteiger partial charge on any atom is -0.350 e. The highest BCUT2D eigenvalue weighted by Crippen LogP contribution is 2.17. The van der Waals surface area contributed by atoms with E-state index in [1.54, 1.807) is 0 Å². The molecule has 0 saturated heterocycles. The molecule has 1 aromatic heterocycles. The highest BCUT2D eigenvalue weighted by atomic mass is 35.5. The molecule has 1 amide bonds. The first-order valence-corrected chi connectivity index (χ1v) is 8.44. The third kappa shape index (κ3) is 6.82. The Morgan fingerprint density at radius 3 is 2.32 bits per heavy atom. The van der Waals surface area contributed by atoms with Gasteiger partial charge in [0.1, 0.15) is 4.88 Å². The van der Waals surface area contributed by atoms with Gasteiger partial charge in [-0.05, 0) is 26.7 Å². The van der Waals surface area contributed by atoms with E-state index in [0.717, 1.165) is 22.1 Å². The van der Waals surface area contributed by atoms with Gasteiger partial charge in [0.2, 0.25) is 0 Å². The molecule has 7 heteroatoms. The number of carbonyl (C=O) groups excluding carboxylic acids is 1. The van der Waals surface area contributed by atoms with Gasteiger partial charge in [-0.25, -0.2) is 4.98 Å². The van der Waals surface area contributed by atoms with Crippen LogP contribution in [-0.4, -0.2) is 30.0 Å². The molecule has 2 N–H and O–H groups in total. The van der Waals surface area contributed by atoms with Crippen molar-refractivity contribution >= 4 is 42.1 Å². The second-order valence-electron chi connectivity index (χ2n) is 5.55. The third-order valence-electron chi connectivity index (χ3n) is 3.81. The lowest BCUT2D eigenvalue weighted by atomic mass is 10.1. The molecule has 0 aliphatic heterocycles. The maximum atomic E-state index is 12.0. The molecule has 1 aliphatic carbocycles. The Kier molecular flexibility index (Phi) is 11.0. The largest absolute Gasteiger partial charge is 0.350 e. The molecular weight excluding hydrogens is 341 g/mol. The normalized spacial score (nSPS) is 15.4. The number of nitrogens with one attached hydrogen (secondary N) is 2. The van der Waals surface area contributed by atoms with Crippen LogP contribution in [0.2, 0.25) is 0 Å². The van der Waals surface area contributed by atoms with Crippen molar-refractivity contribution in [3.8, 4) is 0 Å². The van der Waals surface area contributed by atoms with Crippen molar-refractivity contribution in [2.24, 2.45) is 0 Å². The van der Waals surface area contributed by atoms with Crippen LogP contribution in [0.1, 0.15) is 58.9 Å². The summed E-state index contributed by atoms with van der Waals surface area (Å²) >= 11 is 1.47. The summed E-state index contributed by atoms with van der Waals surface area (Å²) in [4.78, 5) is 17.0. The smallest absolute Gasteiger partial charge is 0.263 e. The number of halogens is 2. The van der Waals surface area contributed by atoms with Gasteiger partial charge in [-0.15, -0.1) is 36.2 Å². The Bertz CT molecular complexity index is 446. The van der Waals surface area contributed by atoms with Crippen LogP contribution >= 0.6 is 36.2 Å². The summed E-state index contributed by atoms with van der Waals surface area (Å²) in [6.45, 7) is 5.36. The minimum atomic E-state index is 0. The molecule has 22 heavy (non-hydrogen) atoms. The number of aryl methyl sites for hydroxylation is 2. The highest BCUT2D eigenvalue weighted by Gasteiger charge is 2.14. The molecule has 0 bridgehead atoms. The topological polar surface area (TPSA) is 54.0 Å². The predicted molar refractivity (Wildman–Crippen MR) is 97.9 cm³/mol. The van der Waals surface area contributed by atoms with Gasteiger partial charge in [0.25, 0.3) is 5.91 Å². The Morgan fingerprint density at radius 1 is 1.14 bits per heavy atom. The molecule has 1 heterocycles.